The normalized spacial score (nSPS) is 12.3. The third-order valence-corrected chi connectivity index (χ3v) is 9.35. The van der Waals surface area contributed by atoms with E-state index in [0.717, 1.165) is 17.5 Å². The molecule has 0 bridgehead atoms. The van der Waals surface area contributed by atoms with Crippen LogP contribution >= 0.6 is 58.6 Å². The lowest BCUT2D eigenvalue weighted by Gasteiger charge is -2.33. The maximum atomic E-state index is 13.5. The first-order valence-electron chi connectivity index (χ1n) is 14.4. The lowest BCUT2D eigenvalue weighted by molar-refractivity contribution is -0.384. The number of non-ortho nitro benzene ring substituents is 1. The van der Waals surface area contributed by atoms with Gasteiger partial charge in [-0.2, -0.15) is 0 Å². The molecule has 14 heteroatoms. The Morgan fingerprint density at radius 2 is 1.83 bits per heavy atom. The molecule has 9 nitrogen and oxygen atoms in total. The highest BCUT2D eigenvalue weighted by Crippen LogP contribution is 2.29. The van der Waals surface area contributed by atoms with Crippen LogP contribution in [0.4, 0.5) is 11.4 Å². The zero-order chi connectivity index (χ0) is 33.4. The van der Waals surface area contributed by atoms with Crippen LogP contribution in [0.1, 0.15) is 37.1 Å². The summed E-state index contributed by atoms with van der Waals surface area (Å²) in [6, 6.07) is 16.5. The van der Waals surface area contributed by atoms with Crippen LogP contribution < -0.4 is 10.6 Å². The lowest BCUT2D eigenvalue weighted by atomic mass is 9.98. The van der Waals surface area contributed by atoms with Crippen molar-refractivity contribution in [3.05, 3.63) is 120 Å². The Hall–Kier alpha value is -3.41. The highest BCUT2D eigenvalue weighted by atomic mass is 35.5. The van der Waals surface area contributed by atoms with Crippen LogP contribution in [0, 0.1) is 16.0 Å². The Bertz CT molecular complexity index is 1700. The molecule has 0 aliphatic carbocycles. The molecule has 4 aromatic rings. The van der Waals surface area contributed by atoms with E-state index >= 15 is 0 Å². The van der Waals surface area contributed by atoms with E-state index in [9.17, 15) is 14.9 Å². The number of thiocarbonyl (C=S) groups is 1. The van der Waals surface area contributed by atoms with E-state index in [-0.39, 0.29) is 30.0 Å². The van der Waals surface area contributed by atoms with Gasteiger partial charge in [-0.15, -0.1) is 0 Å². The van der Waals surface area contributed by atoms with Crippen LogP contribution in [0.2, 0.25) is 20.1 Å². The van der Waals surface area contributed by atoms with Crippen LogP contribution in [0.3, 0.4) is 0 Å². The van der Waals surface area contributed by atoms with Crippen molar-refractivity contribution in [3.63, 3.8) is 0 Å². The molecule has 2 atom stereocenters. The molecule has 4 rings (SSSR count). The molecule has 0 radical (unpaired) electrons. The minimum Gasteiger partial charge on any atom is -0.351 e. The summed E-state index contributed by atoms with van der Waals surface area (Å²) in [7, 11) is 0. The summed E-state index contributed by atoms with van der Waals surface area (Å²) < 4.78 is 1.85. The van der Waals surface area contributed by atoms with Gasteiger partial charge in [-0.05, 0) is 53.5 Å². The fourth-order valence-electron chi connectivity index (χ4n) is 4.75. The summed E-state index contributed by atoms with van der Waals surface area (Å²) >= 11 is 31.3. The number of halogens is 4. The van der Waals surface area contributed by atoms with Crippen molar-refractivity contribution in [1.29, 1.82) is 0 Å². The van der Waals surface area contributed by atoms with Crippen LogP contribution in [0.25, 0.3) is 0 Å². The van der Waals surface area contributed by atoms with Gasteiger partial charge >= 0.3 is 0 Å². The second kappa shape index (κ2) is 16.4. The Balaban J connectivity index is 1.52. The van der Waals surface area contributed by atoms with Gasteiger partial charge in [-0.1, -0.05) is 90.9 Å². The molecule has 1 aromatic heterocycles. The minimum atomic E-state index is -0.440. The van der Waals surface area contributed by atoms with E-state index in [0.29, 0.717) is 56.2 Å². The number of rotatable bonds is 13. The molecule has 1 heterocycles. The first-order chi connectivity index (χ1) is 21.9. The first kappa shape index (κ1) is 35.4. The summed E-state index contributed by atoms with van der Waals surface area (Å²) in [5.41, 5.74) is 2.92. The summed E-state index contributed by atoms with van der Waals surface area (Å²) in [4.78, 5) is 30.2. The van der Waals surface area contributed by atoms with Crippen molar-refractivity contribution in [2.75, 3.05) is 11.9 Å². The van der Waals surface area contributed by atoms with E-state index < -0.39 is 4.92 Å². The van der Waals surface area contributed by atoms with Gasteiger partial charge in [0.15, 0.2) is 5.11 Å². The van der Waals surface area contributed by atoms with Gasteiger partial charge in [0.25, 0.3) is 5.69 Å². The molecule has 0 fully saturated rings. The smallest absolute Gasteiger partial charge is 0.269 e. The van der Waals surface area contributed by atoms with Crippen LogP contribution in [0.15, 0.2) is 73.2 Å². The predicted octanol–water partition coefficient (Wildman–Crippen LogP) is 8.43. The summed E-state index contributed by atoms with van der Waals surface area (Å²) in [6.45, 7) is 5.23. The predicted molar refractivity (Wildman–Crippen MR) is 189 cm³/mol. The number of benzene rings is 3. The fourth-order valence-corrected chi connectivity index (χ4v) is 5.83. The number of carbonyl (C=O) groups excluding carboxylic acids is 1. The minimum absolute atomic E-state index is 0.0164. The average Bonchev–Trinajstić information content (AvgIpc) is 3.45. The largest absolute Gasteiger partial charge is 0.351 e. The molecule has 1 amide bonds. The number of nitro groups is 1. The zero-order valence-corrected chi connectivity index (χ0v) is 28.9. The van der Waals surface area contributed by atoms with Gasteiger partial charge < -0.3 is 20.1 Å². The molecule has 0 aliphatic heterocycles. The van der Waals surface area contributed by atoms with Crippen molar-refractivity contribution < 1.29 is 9.72 Å². The number of aromatic nitrogens is 2. The van der Waals surface area contributed by atoms with Gasteiger partial charge in [-0.3, -0.25) is 14.9 Å². The second-order valence-corrected chi connectivity index (χ2v) is 12.8. The maximum Gasteiger partial charge on any atom is 0.269 e. The topological polar surface area (TPSA) is 105 Å². The van der Waals surface area contributed by atoms with Gasteiger partial charge in [0, 0.05) is 54.7 Å². The summed E-state index contributed by atoms with van der Waals surface area (Å²) in [5.74, 6) is -0.0932. The van der Waals surface area contributed by atoms with Crippen LogP contribution in [0.5, 0.6) is 0 Å². The molecular weight excluding hydrogens is 690 g/mol. The number of anilines is 1. The number of hydrogen-bond acceptors (Lipinski definition) is 5. The van der Waals surface area contributed by atoms with Crippen molar-refractivity contribution in [2.45, 2.75) is 45.8 Å². The van der Waals surface area contributed by atoms with Crippen molar-refractivity contribution in [2.24, 2.45) is 5.92 Å². The molecule has 0 aliphatic rings. The quantitative estimate of drug-likeness (QED) is 0.0811. The third-order valence-electron chi connectivity index (χ3n) is 7.59. The Kier molecular flexibility index (Phi) is 12.7. The number of carbonyl (C=O) groups is 1. The summed E-state index contributed by atoms with van der Waals surface area (Å²) in [5, 5.41) is 19.6. The number of imidazole rings is 1. The number of amides is 1. The monoisotopic (exact) mass is 720 g/mol. The van der Waals surface area contributed by atoms with Gasteiger partial charge in [0.2, 0.25) is 5.91 Å². The zero-order valence-electron chi connectivity index (χ0n) is 25.1. The molecule has 0 unspecified atom stereocenters. The Labute approximate surface area is 293 Å². The highest BCUT2D eigenvalue weighted by molar-refractivity contribution is 7.80. The van der Waals surface area contributed by atoms with Crippen molar-refractivity contribution in [1.82, 2.24) is 19.8 Å². The standard InChI is InChI=1S/C32H32Cl4N6O3S/c1-3-20(2)29(38-30(43)14-25-15-37-19-41(25)16-21-7-10-24(11-8-21)42(44)45)18-40(17-22-5-4-6-26(34)31(22)36)32(46)39-28-12-9-23(33)13-27(28)35/h4-13,15,19-20,29H,3,14,16-18H2,1-2H3,(H,38,43)(H,39,46)/t20-,29+/m0/s1. The molecule has 0 saturated heterocycles. The van der Waals surface area contributed by atoms with Gasteiger partial charge in [0.1, 0.15) is 0 Å². The first-order valence-corrected chi connectivity index (χ1v) is 16.3. The summed E-state index contributed by atoms with van der Waals surface area (Å²) in [6.07, 6.45) is 4.17. The molecule has 2 N–H and O–H groups in total. The van der Waals surface area contributed by atoms with E-state index in [1.165, 1.54) is 12.1 Å². The van der Waals surface area contributed by atoms with E-state index in [1.807, 2.05) is 21.6 Å². The van der Waals surface area contributed by atoms with Crippen LogP contribution in [-0.2, 0) is 24.3 Å². The third kappa shape index (κ3) is 9.56. The molecule has 0 spiro atoms. The molecule has 0 saturated carbocycles. The number of nitro benzene ring substituents is 1. The van der Waals surface area contributed by atoms with E-state index in [4.69, 9.17) is 58.6 Å². The van der Waals surface area contributed by atoms with E-state index in [2.05, 4.69) is 29.5 Å². The van der Waals surface area contributed by atoms with Gasteiger partial charge in [0.05, 0.1) is 38.4 Å². The SMILES string of the molecule is CC[C@H](C)[C@@H](CN(Cc1cccc(Cl)c1Cl)C(=S)Nc1ccc(Cl)cc1Cl)NC(=O)Cc1cncn1Cc1ccc([N+](=O)[O-])cc1. The second-order valence-electron chi connectivity index (χ2n) is 10.8. The number of nitrogens with one attached hydrogen (secondary N) is 2. The number of hydrogen-bond donors (Lipinski definition) is 2. The number of nitrogens with zero attached hydrogens (tertiary/aromatic N) is 4. The Morgan fingerprint density at radius 1 is 1.09 bits per heavy atom. The molecular formula is C32H32Cl4N6O3S. The average molecular weight is 723 g/mol. The molecule has 242 valence electrons. The van der Waals surface area contributed by atoms with Gasteiger partial charge in [-0.25, -0.2) is 4.98 Å². The van der Waals surface area contributed by atoms with E-state index in [1.54, 1.807) is 48.9 Å². The van der Waals surface area contributed by atoms with Crippen molar-refractivity contribution >= 4 is 81.0 Å². The maximum absolute atomic E-state index is 13.5. The van der Waals surface area contributed by atoms with Crippen LogP contribution in [-0.4, -0.2) is 43.0 Å². The molecule has 46 heavy (non-hydrogen) atoms. The highest BCUT2D eigenvalue weighted by Gasteiger charge is 2.25. The molecule has 3 aromatic carbocycles. The van der Waals surface area contributed by atoms with Crippen molar-refractivity contribution in [3.8, 4) is 0 Å². The lowest BCUT2D eigenvalue weighted by Crippen LogP contribution is -2.50. The fraction of sp³-hybridized carbons (Fsp3) is 0.281. The Morgan fingerprint density at radius 3 is 2.50 bits per heavy atom.